The second-order valence-electron chi connectivity index (χ2n) is 3.73. The van der Waals surface area contributed by atoms with E-state index in [9.17, 15) is 4.79 Å². The van der Waals surface area contributed by atoms with Crippen LogP contribution in [0.2, 0.25) is 0 Å². The molecule has 2 N–H and O–H groups in total. The number of thiophene rings is 1. The highest BCUT2D eigenvalue weighted by Crippen LogP contribution is 2.14. The highest BCUT2D eigenvalue weighted by atomic mass is 32.2. The summed E-state index contributed by atoms with van der Waals surface area (Å²) < 4.78 is 0. The summed E-state index contributed by atoms with van der Waals surface area (Å²) in [7, 11) is 0. The summed E-state index contributed by atoms with van der Waals surface area (Å²) in [5, 5.41) is 12.1. The lowest BCUT2D eigenvalue weighted by atomic mass is 10.4. The van der Waals surface area contributed by atoms with E-state index in [1.165, 1.54) is 11.8 Å². The highest BCUT2D eigenvalue weighted by molar-refractivity contribution is 7.99. The maximum Gasteiger partial charge on any atom is 0.230 e. The molecule has 0 bridgehead atoms. The molecular weight excluding hydrogens is 292 g/mol. The molecule has 0 aromatic carbocycles. The molecule has 0 unspecified atom stereocenters. The summed E-state index contributed by atoms with van der Waals surface area (Å²) in [6.45, 7) is 4.01. The minimum Gasteiger partial charge on any atom is -0.352 e. The van der Waals surface area contributed by atoms with Crippen molar-refractivity contribution in [3.8, 4) is 0 Å². The number of aromatic amines is 1. The molecule has 0 fully saturated rings. The number of carbonyl (C=O) groups excluding carboxylic acids is 1. The third-order valence-corrected chi connectivity index (χ3v) is 3.89. The van der Waals surface area contributed by atoms with Gasteiger partial charge in [0.15, 0.2) is 0 Å². The van der Waals surface area contributed by atoms with E-state index in [1.54, 1.807) is 17.4 Å². The fraction of sp³-hybridized carbons (Fsp3) is 0.154. The van der Waals surface area contributed by atoms with Crippen molar-refractivity contribution in [3.05, 3.63) is 40.9 Å². The van der Waals surface area contributed by atoms with Gasteiger partial charge in [0.05, 0.1) is 5.75 Å². The fourth-order valence-corrected chi connectivity index (χ4v) is 2.56. The molecule has 2 aromatic heterocycles. The van der Waals surface area contributed by atoms with E-state index in [0.29, 0.717) is 23.3 Å². The first-order valence-electron chi connectivity index (χ1n) is 5.92. The van der Waals surface area contributed by atoms with Crippen LogP contribution in [-0.4, -0.2) is 33.4 Å². The number of aromatic nitrogens is 3. The first-order valence-corrected chi connectivity index (χ1v) is 7.79. The predicted molar refractivity (Wildman–Crippen MR) is 83.6 cm³/mol. The normalized spacial score (nSPS) is 10.8. The van der Waals surface area contributed by atoms with Crippen molar-refractivity contribution in [3.63, 3.8) is 0 Å². The Hall–Kier alpha value is -1.86. The third kappa shape index (κ3) is 4.67. The molecule has 5 nitrogen and oxygen atoms in total. The van der Waals surface area contributed by atoms with Gasteiger partial charge in [0.2, 0.25) is 11.1 Å². The van der Waals surface area contributed by atoms with Crippen molar-refractivity contribution in [2.75, 3.05) is 12.3 Å². The quantitative estimate of drug-likeness (QED) is 0.609. The van der Waals surface area contributed by atoms with Crippen LogP contribution in [0, 0.1) is 0 Å². The SMILES string of the molecule is C=CCNC(=O)CSc1n[nH]c(C=Cc2cccs2)n1. The van der Waals surface area contributed by atoms with Gasteiger partial charge in [-0.3, -0.25) is 9.89 Å². The molecule has 0 aliphatic carbocycles. The Kier molecular flexibility index (Phi) is 5.57. The van der Waals surface area contributed by atoms with Crippen molar-refractivity contribution in [1.82, 2.24) is 20.5 Å². The molecule has 1 amide bonds. The monoisotopic (exact) mass is 306 g/mol. The van der Waals surface area contributed by atoms with Crippen LogP contribution < -0.4 is 5.32 Å². The number of amides is 1. The van der Waals surface area contributed by atoms with Crippen molar-refractivity contribution >= 4 is 41.2 Å². The fourth-order valence-electron chi connectivity index (χ4n) is 1.31. The Bertz CT molecular complexity index is 589. The molecule has 2 aromatic rings. The van der Waals surface area contributed by atoms with Gasteiger partial charge in [-0.05, 0) is 23.6 Å². The van der Waals surface area contributed by atoms with E-state index >= 15 is 0 Å². The zero-order chi connectivity index (χ0) is 14.2. The van der Waals surface area contributed by atoms with Gasteiger partial charge in [0, 0.05) is 11.4 Å². The number of nitrogens with one attached hydrogen (secondary N) is 2. The van der Waals surface area contributed by atoms with Crippen molar-refractivity contribution in [2.24, 2.45) is 0 Å². The minimum absolute atomic E-state index is 0.0598. The lowest BCUT2D eigenvalue weighted by Gasteiger charge is -1.98. The van der Waals surface area contributed by atoms with Gasteiger partial charge in [-0.2, -0.15) is 0 Å². The molecule has 0 radical (unpaired) electrons. The maximum absolute atomic E-state index is 11.4. The van der Waals surface area contributed by atoms with Gasteiger partial charge in [-0.25, -0.2) is 4.98 Å². The first kappa shape index (κ1) is 14.5. The average Bonchev–Trinajstić information content (AvgIpc) is 3.11. The van der Waals surface area contributed by atoms with Crippen LogP contribution in [0.15, 0.2) is 35.3 Å². The van der Waals surface area contributed by atoms with Crippen molar-refractivity contribution in [2.45, 2.75) is 5.16 Å². The van der Waals surface area contributed by atoms with Crippen LogP contribution in [0.1, 0.15) is 10.7 Å². The van der Waals surface area contributed by atoms with Gasteiger partial charge in [0.25, 0.3) is 0 Å². The van der Waals surface area contributed by atoms with Gasteiger partial charge < -0.3 is 5.32 Å². The Morgan fingerprint density at radius 2 is 2.45 bits per heavy atom. The van der Waals surface area contributed by atoms with Crippen LogP contribution in [0.5, 0.6) is 0 Å². The Balaban J connectivity index is 1.83. The van der Waals surface area contributed by atoms with Gasteiger partial charge >= 0.3 is 0 Å². The smallest absolute Gasteiger partial charge is 0.230 e. The second-order valence-corrected chi connectivity index (χ2v) is 5.66. The van der Waals surface area contributed by atoms with Crippen LogP contribution in [0.3, 0.4) is 0 Å². The van der Waals surface area contributed by atoms with Crippen LogP contribution >= 0.6 is 23.1 Å². The summed E-state index contributed by atoms with van der Waals surface area (Å²) in [5.74, 6) is 0.905. The molecule has 7 heteroatoms. The number of H-pyrrole nitrogens is 1. The number of rotatable bonds is 7. The predicted octanol–water partition coefficient (Wildman–Crippen LogP) is 2.43. The molecule has 104 valence electrons. The summed E-state index contributed by atoms with van der Waals surface area (Å²) >= 11 is 2.95. The zero-order valence-electron chi connectivity index (χ0n) is 10.7. The molecule has 0 atom stereocenters. The van der Waals surface area contributed by atoms with Gasteiger partial charge in [-0.15, -0.1) is 23.0 Å². The summed E-state index contributed by atoms with van der Waals surface area (Å²) in [4.78, 5) is 16.8. The molecule has 2 heterocycles. The van der Waals surface area contributed by atoms with E-state index in [1.807, 2.05) is 29.7 Å². The minimum atomic E-state index is -0.0598. The topological polar surface area (TPSA) is 70.7 Å². The molecule has 0 saturated heterocycles. The first-order chi connectivity index (χ1) is 9.78. The van der Waals surface area contributed by atoms with E-state index in [4.69, 9.17) is 0 Å². The van der Waals surface area contributed by atoms with Crippen LogP contribution in [0.4, 0.5) is 0 Å². The average molecular weight is 306 g/mol. The largest absolute Gasteiger partial charge is 0.352 e. The molecule has 0 aliphatic rings. The van der Waals surface area contributed by atoms with Crippen LogP contribution in [-0.2, 0) is 4.79 Å². The lowest BCUT2D eigenvalue weighted by Crippen LogP contribution is -2.24. The summed E-state index contributed by atoms with van der Waals surface area (Å²) in [6, 6.07) is 4.02. The van der Waals surface area contributed by atoms with E-state index in [2.05, 4.69) is 27.1 Å². The van der Waals surface area contributed by atoms with Crippen molar-refractivity contribution < 1.29 is 4.79 Å². The molecule has 0 spiro atoms. The van der Waals surface area contributed by atoms with Crippen LogP contribution in [0.25, 0.3) is 12.2 Å². The van der Waals surface area contributed by atoms with Crippen molar-refractivity contribution in [1.29, 1.82) is 0 Å². The lowest BCUT2D eigenvalue weighted by molar-refractivity contribution is -0.118. The molecule has 2 rings (SSSR count). The standard InChI is InChI=1S/C13H14N4OS2/c1-2-7-14-12(18)9-20-13-15-11(16-17-13)6-5-10-4-3-8-19-10/h2-6,8H,1,7,9H2,(H,14,18)(H,15,16,17). The highest BCUT2D eigenvalue weighted by Gasteiger charge is 2.05. The molecule has 0 saturated carbocycles. The molecule has 20 heavy (non-hydrogen) atoms. The van der Waals surface area contributed by atoms with E-state index in [0.717, 1.165) is 4.88 Å². The number of hydrogen-bond donors (Lipinski definition) is 2. The van der Waals surface area contributed by atoms with Gasteiger partial charge in [0.1, 0.15) is 5.82 Å². The van der Waals surface area contributed by atoms with E-state index in [-0.39, 0.29) is 5.91 Å². The number of thioether (sulfide) groups is 1. The zero-order valence-corrected chi connectivity index (χ0v) is 12.3. The number of hydrogen-bond acceptors (Lipinski definition) is 5. The summed E-state index contributed by atoms with van der Waals surface area (Å²) in [5.41, 5.74) is 0. The van der Waals surface area contributed by atoms with Gasteiger partial charge in [-0.1, -0.05) is 23.9 Å². The number of nitrogens with zero attached hydrogens (tertiary/aromatic N) is 2. The molecular formula is C13H14N4OS2. The third-order valence-electron chi connectivity index (χ3n) is 2.21. The molecule has 0 aliphatic heterocycles. The maximum atomic E-state index is 11.4. The second kappa shape index (κ2) is 7.66. The Morgan fingerprint density at radius 3 is 3.20 bits per heavy atom. The summed E-state index contributed by atoms with van der Waals surface area (Å²) in [6.07, 6.45) is 5.47. The van der Waals surface area contributed by atoms with E-state index < -0.39 is 0 Å². The number of carbonyl (C=O) groups is 1. The Labute approximate surface area is 125 Å². The Morgan fingerprint density at radius 1 is 1.55 bits per heavy atom.